The predicted octanol–water partition coefficient (Wildman–Crippen LogP) is 4.06. The summed E-state index contributed by atoms with van der Waals surface area (Å²) in [5, 5.41) is 2.85. The average Bonchev–Trinajstić information content (AvgIpc) is 3.42. The molecule has 126 valence electrons. The molecule has 0 bridgehead atoms. The van der Waals surface area contributed by atoms with E-state index in [4.69, 9.17) is 0 Å². The zero-order valence-electron chi connectivity index (χ0n) is 13.9. The molecule has 1 saturated carbocycles. The van der Waals surface area contributed by atoms with Crippen LogP contribution in [0, 0.1) is 11.7 Å². The minimum atomic E-state index is -0.305. The van der Waals surface area contributed by atoms with E-state index in [1.807, 2.05) is 18.2 Å². The first-order chi connectivity index (χ1) is 11.6. The van der Waals surface area contributed by atoms with Crippen LogP contribution in [0.25, 0.3) is 0 Å². The normalized spacial score (nSPS) is 15.3. The molecule has 0 aromatic heterocycles. The van der Waals surface area contributed by atoms with E-state index >= 15 is 0 Å². The number of amides is 1. The Morgan fingerprint density at radius 2 is 1.83 bits per heavy atom. The van der Waals surface area contributed by atoms with Gasteiger partial charge < -0.3 is 5.32 Å². The monoisotopic (exact) mass is 326 g/mol. The summed E-state index contributed by atoms with van der Waals surface area (Å²) in [6.07, 6.45) is 2.48. The number of nitrogens with zero attached hydrogens (tertiary/aromatic N) is 1. The molecular weight excluding hydrogens is 303 g/mol. The molecule has 0 spiro atoms. The molecule has 0 heterocycles. The Balaban J connectivity index is 1.64. The maximum Gasteiger partial charge on any atom is 0.238 e. The fourth-order valence-electron chi connectivity index (χ4n) is 2.96. The smallest absolute Gasteiger partial charge is 0.238 e. The SMILES string of the molecule is CC(C1CC1)N(CC(=O)Nc1ccc(F)cc1)Cc1ccccc1. The maximum absolute atomic E-state index is 13.0. The molecule has 1 unspecified atom stereocenters. The molecule has 2 aromatic carbocycles. The van der Waals surface area contributed by atoms with E-state index in [9.17, 15) is 9.18 Å². The van der Waals surface area contributed by atoms with Crippen LogP contribution in [0.15, 0.2) is 54.6 Å². The molecule has 1 atom stereocenters. The van der Waals surface area contributed by atoms with Crippen LogP contribution in [-0.4, -0.2) is 23.4 Å². The van der Waals surface area contributed by atoms with E-state index in [2.05, 4.69) is 29.3 Å². The van der Waals surface area contributed by atoms with E-state index in [1.54, 1.807) is 12.1 Å². The van der Waals surface area contributed by atoms with Crippen molar-refractivity contribution in [3.05, 3.63) is 66.0 Å². The van der Waals surface area contributed by atoms with Gasteiger partial charge >= 0.3 is 0 Å². The van der Waals surface area contributed by atoms with Gasteiger partial charge in [0.2, 0.25) is 5.91 Å². The summed E-state index contributed by atoms with van der Waals surface area (Å²) >= 11 is 0. The lowest BCUT2D eigenvalue weighted by molar-refractivity contribution is -0.118. The maximum atomic E-state index is 13.0. The Morgan fingerprint density at radius 1 is 1.17 bits per heavy atom. The Morgan fingerprint density at radius 3 is 2.46 bits per heavy atom. The molecule has 2 aromatic rings. The number of carbonyl (C=O) groups excluding carboxylic acids is 1. The fourth-order valence-corrected chi connectivity index (χ4v) is 2.96. The van der Waals surface area contributed by atoms with Crippen molar-refractivity contribution >= 4 is 11.6 Å². The molecule has 1 amide bonds. The van der Waals surface area contributed by atoms with Crippen molar-refractivity contribution < 1.29 is 9.18 Å². The third-order valence-electron chi connectivity index (χ3n) is 4.58. The zero-order chi connectivity index (χ0) is 16.9. The van der Waals surface area contributed by atoms with Crippen molar-refractivity contribution in [2.24, 2.45) is 5.92 Å². The van der Waals surface area contributed by atoms with Crippen molar-refractivity contribution in [2.75, 3.05) is 11.9 Å². The number of hydrogen-bond acceptors (Lipinski definition) is 2. The van der Waals surface area contributed by atoms with E-state index in [-0.39, 0.29) is 11.7 Å². The lowest BCUT2D eigenvalue weighted by Gasteiger charge is -2.28. The first-order valence-corrected chi connectivity index (χ1v) is 8.45. The van der Waals surface area contributed by atoms with E-state index < -0.39 is 0 Å². The molecule has 0 radical (unpaired) electrons. The topological polar surface area (TPSA) is 32.3 Å². The number of hydrogen-bond donors (Lipinski definition) is 1. The van der Waals surface area contributed by atoms with Gasteiger partial charge in [-0.15, -0.1) is 0 Å². The number of carbonyl (C=O) groups is 1. The summed E-state index contributed by atoms with van der Waals surface area (Å²) in [4.78, 5) is 14.6. The van der Waals surface area contributed by atoms with Crippen molar-refractivity contribution in [3.63, 3.8) is 0 Å². The molecule has 0 aliphatic heterocycles. The molecular formula is C20H23FN2O. The molecule has 1 aliphatic rings. The van der Waals surface area contributed by atoms with Gasteiger partial charge in [-0.1, -0.05) is 30.3 Å². The third-order valence-corrected chi connectivity index (χ3v) is 4.58. The minimum Gasteiger partial charge on any atom is -0.325 e. The molecule has 3 nitrogen and oxygen atoms in total. The van der Waals surface area contributed by atoms with Crippen LogP contribution in [0.1, 0.15) is 25.3 Å². The molecule has 0 saturated heterocycles. The largest absolute Gasteiger partial charge is 0.325 e. The van der Waals surface area contributed by atoms with Crippen LogP contribution in [0.5, 0.6) is 0 Å². The molecule has 24 heavy (non-hydrogen) atoms. The van der Waals surface area contributed by atoms with Gasteiger partial charge in [0.1, 0.15) is 5.82 Å². The first kappa shape index (κ1) is 16.7. The highest BCUT2D eigenvalue weighted by Gasteiger charge is 2.32. The Labute approximate surface area is 142 Å². The molecule has 4 heteroatoms. The minimum absolute atomic E-state index is 0.0648. The lowest BCUT2D eigenvalue weighted by Crippen LogP contribution is -2.40. The highest BCUT2D eigenvalue weighted by atomic mass is 19.1. The van der Waals surface area contributed by atoms with Crippen molar-refractivity contribution in [3.8, 4) is 0 Å². The van der Waals surface area contributed by atoms with Crippen LogP contribution in [0.3, 0.4) is 0 Å². The predicted molar refractivity (Wildman–Crippen MR) is 94.1 cm³/mol. The number of nitrogens with one attached hydrogen (secondary N) is 1. The van der Waals surface area contributed by atoms with Gasteiger partial charge in [-0.3, -0.25) is 9.69 Å². The quantitative estimate of drug-likeness (QED) is 0.832. The van der Waals surface area contributed by atoms with Gasteiger partial charge in [0.15, 0.2) is 0 Å². The van der Waals surface area contributed by atoms with Gasteiger partial charge in [0.05, 0.1) is 6.54 Å². The molecule has 1 N–H and O–H groups in total. The van der Waals surface area contributed by atoms with E-state index in [1.165, 1.54) is 30.5 Å². The van der Waals surface area contributed by atoms with E-state index in [0.29, 0.717) is 24.2 Å². The number of anilines is 1. The lowest BCUT2D eigenvalue weighted by atomic mass is 10.1. The van der Waals surface area contributed by atoms with Crippen molar-refractivity contribution in [2.45, 2.75) is 32.4 Å². The van der Waals surface area contributed by atoms with Crippen LogP contribution in [0.2, 0.25) is 0 Å². The van der Waals surface area contributed by atoms with Crippen LogP contribution < -0.4 is 5.32 Å². The second-order valence-electron chi connectivity index (χ2n) is 6.52. The average molecular weight is 326 g/mol. The first-order valence-electron chi connectivity index (χ1n) is 8.45. The van der Waals surface area contributed by atoms with Gasteiger partial charge in [-0.05, 0) is 55.5 Å². The Bertz CT molecular complexity index is 668. The second-order valence-corrected chi connectivity index (χ2v) is 6.52. The van der Waals surface area contributed by atoms with Gasteiger partial charge in [-0.2, -0.15) is 0 Å². The summed E-state index contributed by atoms with van der Waals surface area (Å²) in [5.41, 5.74) is 1.83. The fraction of sp³-hybridized carbons (Fsp3) is 0.350. The number of rotatable bonds is 7. The van der Waals surface area contributed by atoms with Gasteiger partial charge in [0, 0.05) is 18.3 Å². The zero-order valence-corrected chi connectivity index (χ0v) is 13.9. The highest BCUT2D eigenvalue weighted by molar-refractivity contribution is 5.92. The van der Waals surface area contributed by atoms with Crippen LogP contribution >= 0.6 is 0 Å². The third kappa shape index (κ3) is 4.65. The van der Waals surface area contributed by atoms with Gasteiger partial charge in [0.25, 0.3) is 0 Å². The Kier molecular flexibility index (Phi) is 5.26. The van der Waals surface area contributed by atoms with Gasteiger partial charge in [-0.25, -0.2) is 4.39 Å². The Hall–Kier alpha value is -2.20. The summed E-state index contributed by atoms with van der Waals surface area (Å²) in [7, 11) is 0. The highest BCUT2D eigenvalue weighted by Crippen LogP contribution is 2.35. The molecule has 3 rings (SSSR count). The second kappa shape index (κ2) is 7.58. The molecule has 1 fully saturated rings. The summed E-state index contributed by atoms with van der Waals surface area (Å²) < 4.78 is 13.0. The van der Waals surface area contributed by atoms with E-state index in [0.717, 1.165) is 6.54 Å². The standard InChI is InChI=1S/C20H23FN2O/c1-15(17-7-8-17)23(13-16-5-3-2-4-6-16)14-20(24)22-19-11-9-18(21)10-12-19/h2-6,9-12,15,17H,7-8,13-14H2,1H3,(H,22,24). The summed E-state index contributed by atoms with van der Waals surface area (Å²) in [5.74, 6) is 0.318. The molecule has 1 aliphatic carbocycles. The van der Waals surface area contributed by atoms with Crippen LogP contribution in [-0.2, 0) is 11.3 Å². The number of benzene rings is 2. The van der Waals surface area contributed by atoms with Crippen LogP contribution in [0.4, 0.5) is 10.1 Å². The summed E-state index contributed by atoms with van der Waals surface area (Å²) in [6.45, 7) is 3.30. The van der Waals surface area contributed by atoms with Crippen molar-refractivity contribution in [1.82, 2.24) is 4.90 Å². The van der Waals surface area contributed by atoms with Crippen molar-refractivity contribution in [1.29, 1.82) is 0 Å². The summed E-state index contributed by atoms with van der Waals surface area (Å²) in [6, 6.07) is 16.5. The number of halogens is 1.